The molecule has 0 aliphatic carbocycles. The third kappa shape index (κ3) is 1.60. The summed E-state index contributed by atoms with van der Waals surface area (Å²) in [6, 6.07) is 5.50. The number of hydrogen-bond donors (Lipinski definition) is 1. The summed E-state index contributed by atoms with van der Waals surface area (Å²) >= 11 is 1.06. The smallest absolute Gasteiger partial charge is 0.264 e. The SMILES string of the molecule is CN1C(=O)COc2ccc(-c3nsnc3N)cc21. The number of carbonyl (C=O) groups excluding carboxylic acids is 1. The van der Waals surface area contributed by atoms with Gasteiger partial charge < -0.3 is 15.4 Å². The van der Waals surface area contributed by atoms with Crippen LogP contribution < -0.4 is 15.4 Å². The Labute approximate surface area is 107 Å². The van der Waals surface area contributed by atoms with E-state index in [1.165, 1.54) is 0 Å². The van der Waals surface area contributed by atoms with Crippen LogP contribution in [0, 0.1) is 0 Å². The molecule has 0 fully saturated rings. The maximum absolute atomic E-state index is 11.6. The molecule has 6 nitrogen and oxygen atoms in total. The molecule has 0 spiro atoms. The molecule has 2 heterocycles. The fraction of sp³-hybridized carbons (Fsp3) is 0.182. The molecule has 0 atom stereocenters. The minimum Gasteiger partial charge on any atom is -0.482 e. The number of likely N-dealkylation sites (N-methyl/N-ethyl adjacent to an activating group) is 1. The zero-order valence-corrected chi connectivity index (χ0v) is 10.4. The number of nitrogens with zero attached hydrogens (tertiary/aromatic N) is 3. The molecular formula is C11H10N4O2S. The maximum Gasteiger partial charge on any atom is 0.264 e. The van der Waals surface area contributed by atoms with E-state index in [1.807, 2.05) is 18.2 Å². The number of fused-ring (bicyclic) bond motifs is 1. The molecule has 0 unspecified atom stereocenters. The van der Waals surface area contributed by atoms with Crippen LogP contribution in [-0.4, -0.2) is 28.3 Å². The molecule has 1 aliphatic rings. The van der Waals surface area contributed by atoms with Gasteiger partial charge in [0.15, 0.2) is 12.4 Å². The van der Waals surface area contributed by atoms with Gasteiger partial charge in [-0.1, -0.05) is 0 Å². The van der Waals surface area contributed by atoms with E-state index < -0.39 is 0 Å². The number of amides is 1. The number of ether oxygens (including phenoxy) is 1. The van der Waals surface area contributed by atoms with Crippen LogP contribution in [-0.2, 0) is 4.79 Å². The standard InChI is InChI=1S/C11H10N4O2S/c1-15-7-4-6(10-11(12)14-18-13-10)2-3-8(7)17-5-9(15)16/h2-4H,5H2,1H3,(H2,12,14). The lowest BCUT2D eigenvalue weighted by atomic mass is 10.1. The van der Waals surface area contributed by atoms with Gasteiger partial charge in [0.1, 0.15) is 11.4 Å². The fourth-order valence-corrected chi connectivity index (χ4v) is 2.31. The number of nitrogen functional groups attached to an aromatic ring is 1. The lowest BCUT2D eigenvalue weighted by Crippen LogP contribution is -2.35. The molecule has 1 aliphatic heterocycles. The molecule has 0 bridgehead atoms. The van der Waals surface area contributed by atoms with Crippen LogP contribution in [0.1, 0.15) is 0 Å². The maximum atomic E-state index is 11.6. The van der Waals surface area contributed by atoms with Gasteiger partial charge in [0, 0.05) is 12.6 Å². The van der Waals surface area contributed by atoms with Crippen LogP contribution in [0.5, 0.6) is 5.75 Å². The van der Waals surface area contributed by atoms with E-state index >= 15 is 0 Å². The second-order valence-electron chi connectivity index (χ2n) is 3.92. The van der Waals surface area contributed by atoms with Crippen molar-refractivity contribution >= 4 is 29.1 Å². The van der Waals surface area contributed by atoms with Crippen molar-refractivity contribution in [2.75, 3.05) is 24.3 Å². The highest BCUT2D eigenvalue weighted by Crippen LogP contribution is 2.36. The molecule has 1 aromatic heterocycles. The van der Waals surface area contributed by atoms with Crippen molar-refractivity contribution in [1.29, 1.82) is 0 Å². The monoisotopic (exact) mass is 262 g/mol. The Bertz CT molecular complexity index is 625. The van der Waals surface area contributed by atoms with Crippen LogP contribution in [0.25, 0.3) is 11.3 Å². The van der Waals surface area contributed by atoms with Gasteiger partial charge in [-0.2, -0.15) is 8.75 Å². The Morgan fingerprint density at radius 1 is 1.44 bits per heavy atom. The van der Waals surface area contributed by atoms with Crippen molar-refractivity contribution in [3.8, 4) is 17.0 Å². The molecule has 2 aromatic rings. The third-order valence-electron chi connectivity index (χ3n) is 2.83. The summed E-state index contributed by atoms with van der Waals surface area (Å²) in [7, 11) is 1.72. The van der Waals surface area contributed by atoms with E-state index in [0.29, 0.717) is 17.3 Å². The van der Waals surface area contributed by atoms with Crippen molar-refractivity contribution in [3.63, 3.8) is 0 Å². The quantitative estimate of drug-likeness (QED) is 0.833. The lowest BCUT2D eigenvalue weighted by molar-refractivity contribution is -0.120. The van der Waals surface area contributed by atoms with Gasteiger partial charge in [-0.25, -0.2) is 0 Å². The number of anilines is 2. The van der Waals surface area contributed by atoms with Crippen molar-refractivity contribution in [2.24, 2.45) is 0 Å². The van der Waals surface area contributed by atoms with Gasteiger partial charge in [0.2, 0.25) is 0 Å². The predicted molar refractivity (Wildman–Crippen MR) is 68.7 cm³/mol. The van der Waals surface area contributed by atoms with Gasteiger partial charge >= 0.3 is 0 Å². The predicted octanol–water partition coefficient (Wildman–Crippen LogP) is 1.14. The molecule has 7 heteroatoms. The van der Waals surface area contributed by atoms with Gasteiger partial charge in [0.25, 0.3) is 5.91 Å². The van der Waals surface area contributed by atoms with Gasteiger partial charge in [-0.05, 0) is 18.2 Å². The summed E-state index contributed by atoms with van der Waals surface area (Å²) < 4.78 is 13.4. The summed E-state index contributed by atoms with van der Waals surface area (Å²) in [5, 5.41) is 0. The van der Waals surface area contributed by atoms with Gasteiger partial charge in [-0.3, -0.25) is 4.79 Å². The zero-order chi connectivity index (χ0) is 12.7. The van der Waals surface area contributed by atoms with Crippen LogP contribution in [0.15, 0.2) is 18.2 Å². The van der Waals surface area contributed by atoms with E-state index in [-0.39, 0.29) is 12.5 Å². The molecule has 1 amide bonds. The van der Waals surface area contributed by atoms with Crippen LogP contribution >= 0.6 is 11.7 Å². The number of benzene rings is 1. The first kappa shape index (κ1) is 11.0. The number of carbonyl (C=O) groups is 1. The summed E-state index contributed by atoms with van der Waals surface area (Å²) in [6.45, 7) is 0.0727. The minimum absolute atomic E-state index is 0.0727. The largest absolute Gasteiger partial charge is 0.482 e. The van der Waals surface area contributed by atoms with E-state index in [1.54, 1.807) is 11.9 Å². The Morgan fingerprint density at radius 2 is 2.28 bits per heavy atom. The highest BCUT2D eigenvalue weighted by atomic mass is 32.1. The summed E-state index contributed by atoms with van der Waals surface area (Å²) in [5.41, 5.74) is 7.91. The molecule has 92 valence electrons. The number of rotatable bonds is 1. The fourth-order valence-electron chi connectivity index (χ4n) is 1.82. The summed E-state index contributed by atoms with van der Waals surface area (Å²) in [4.78, 5) is 13.1. The summed E-state index contributed by atoms with van der Waals surface area (Å²) in [6.07, 6.45) is 0. The molecular weight excluding hydrogens is 252 g/mol. The highest BCUT2D eigenvalue weighted by molar-refractivity contribution is 6.99. The van der Waals surface area contributed by atoms with Crippen molar-refractivity contribution in [3.05, 3.63) is 18.2 Å². The first-order chi connectivity index (χ1) is 8.66. The van der Waals surface area contributed by atoms with Crippen LogP contribution in [0.2, 0.25) is 0 Å². The van der Waals surface area contributed by atoms with Crippen molar-refractivity contribution < 1.29 is 9.53 Å². The van der Waals surface area contributed by atoms with Crippen LogP contribution in [0.4, 0.5) is 11.5 Å². The Kier molecular flexibility index (Phi) is 2.41. The van der Waals surface area contributed by atoms with Crippen LogP contribution in [0.3, 0.4) is 0 Å². The molecule has 0 radical (unpaired) electrons. The average Bonchev–Trinajstić information content (AvgIpc) is 2.80. The molecule has 2 N–H and O–H groups in total. The van der Waals surface area contributed by atoms with Gasteiger partial charge in [0.05, 0.1) is 17.4 Å². The van der Waals surface area contributed by atoms with E-state index in [0.717, 1.165) is 23.0 Å². The highest BCUT2D eigenvalue weighted by Gasteiger charge is 2.23. The summed E-state index contributed by atoms with van der Waals surface area (Å²) in [5.74, 6) is 0.997. The lowest BCUT2D eigenvalue weighted by Gasteiger charge is -2.26. The Balaban J connectivity index is 2.11. The molecule has 0 saturated heterocycles. The second kappa shape index (κ2) is 3.95. The normalized spacial score (nSPS) is 14.3. The molecule has 18 heavy (non-hydrogen) atoms. The Hall–Kier alpha value is -2.15. The topological polar surface area (TPSA) is 81.3 Å². The minimum atomic E-state index is -0.0796. The number of nitrogens with two attached hydrogens (primary N) is 1. The Morgan fingerprint density at radius 3 is 3.00 bits per heavy atom. The van der Waals surface area contributed by atoms with E-state index in [9.17, 15) is 4.79 Å². The first-order valence-corrected chi connectivity index (χ1v) is 6.01. The number of aromatic nitrogens is 2. The van der Waals surface area contributed by atoms with E-state index in [2.05, 4.69) is 8.75 Å². The second-order valence-corrected chi connectivity index (χ2v) is 4.45. The molecule has 1 aromatic carbocycles. The van der Waals surface area contributed by atoms with Gasteiger partial charge in [-0.15, -0.1) is 0 Å². The molecule has 3 rings (SSSR count). The molecule has 0 saturated carbocycles. The van der Waals surface area contributed by atoms with Crippen molar-refractivity contribution in [1.82, 2.24) is 8.75 Å². The number of hydrogen-bond acceptors (Lipinski definition) is 6. The van der Waals surface area contributed by atoms with Crippen molar-refractivity contribution in [2.45, 2.75) is 0 Å². The third-order valence-corrected chi connectivity index (χ3v) is 3.38. The zero-order valence-electron chi connectivity index (χ0n) is 9.58. The first-order valence-electron chi connectivity index (χ1n) is 5.28. The average molecular weight is 262 g/mol. The van der Waals surface area contributed by atoms with E-state index in [4.69, 9.17) is 10.5 Å².